The zero-order valence-electron chi connectivity index (χ0n) is 11.0. The lowest BCUT2D eigenvalue weighted by molar-refractivity contribution is 0.598. The van der Waals surface area contributed by atoms with E-state index < -0.39 is 10.0 Å². The van der Waals surface area contributed by atoms with Crippen LogP contribution in [0.1, 0.15) is 5.56 Å². The number of anilines is 2. The number of aryl methyl sites for hydroxylation is 1. The number of pyridine rings is 1. The van der Waals surface area contributed by atoms with Gasteiger partial charge in [0.15, 0.2) is 5.03 Å². The molecule has 0 aliphatic heterocycles. The third-order valence-electron chi connectivity index (χ3n) is 2.74. The summed E-state index contributed by atoms with van der Waals surface area (Å²) in [5.41, 5.74) is 1.64. The summed E-state index contributed by atoms with van der Waals surface area (Å²) in [5.74, 6) is 0. The Morgan fingerprint density at radius 2 is 1.95 bits per heavy atom. The molecule has 0 saturated carbocycles. The number of rotatable bonds is 4. The highest BCUT2D eigenvalue weighted by atomic mass is 35.5. The van der Waals surface area contributed by atoms with Crippen LogP contribution in [0.5, 0.6) is 0 Å². The first-order valence-electron chi connectivity index (χ1n) is 5.86. The Labute approximate surface area is 123 Å². The summed E-state index contributed by atoms with van der Waals surface area (Å²) < 4.78 is 27.3. The van der Waals surface area contributed by atoms with Crippen LogP contribution < -0.4 is 10.0 Å². The van der Waals surface area contributed by atoms with Crippen molar-refractivity contribution in [2.45, 2.75) is 11.9 Å². The minimum absolute atomic E-state index is 0.0538. The molecular weight excluding hydrogens is 298 g/mol. The minimum atomic E-state index is -3.78. The topological polar surface area (TPSA) is 71.1 Å². The first-order chi connectivity index (χ1) is 9.44. The summed E-state index contributed by atoms with van der Waals surface area (Å²) in [6, 6.07) is 8.32. The third kappa shape index (κ3) is 3.02. The number of hydrogen-bond donors (Lipinski definition) is 2. The van der Waals surface area contributed by atoms with Gasteiger partial charge >= 0.3 is 0 Å². The van der Waals surface area contributed by atoms with Crippen molar-refractivity contribution in [1.82, 2.24) is 4.98 Å². The van der Waals surface area contributed by atoms with Crippen LogP contribution in [0.2, 0.25) is 5.02 Å². The molecule has 0 spiro atoms. The molecule has 1 aromatic heterocycles. The summed E-state index contributed by atoms with van der Waals surface area (Å²) in [7, 11) is -2.14. The van der Waals surface area contributed by atoms with Crippen molar-refractivity contribution in [2.75, 3.05) is 17.1 Å². The number of sulfonamides is 1. The first kappa shape index (κ1) is 14.6. The molecule has 0 unspecified atom stereocenters. The number of hydrogen-bond acceptors (Lipinski definition) is 4. The predicted molar refractivity (Wildman–Crippen MR) is 80.8 cm³/mol. The average molecular weight is 312 g/mol. The molecule has 2 rings (SSSR count). The van der Waals surface area contributed by atoms with E-state index in [9.17, 15) is 8.42 Å². The molecule has 2 aromatic rings. The monoisotopic (exact) mass is 311 g/mol. The van der Waals surface area contributed by atoms with E-state index in [1.165, 1.54) is 6.20 Å². The zero-order chi connectivity index (χ0) is 14.8. The first-order valence-corrected chi connectivity index (χ1v) is 7.72. The molecule has 1 heterocycles. The highest BCUT2D eigenvalue weighted by Gasteiger charge is 2.20. The van der Waals surface area contributed by atoms with Gasteiger partial charge in [0, 0.05) is 18.3 Å². The largest absolute Gasteiger partial charge is 0.386 e. The molecule has 0 fully saturated rings. The minimum Gasteiger partial charge on any atom is -0.386 e. The molecule has 2 N–H and O–H groups in total. The Bertz CT molecular complexity index is 732. The van der Waals surface area contributed by atoms with Gasteiger partial charge in [-0.15, -0.1) is 0 Å². The molecule has 7 heteroatoms. The van der Waals surface area contributed by atoms with Crippen molar-refractivity contribution >= 4 is 33.0 Å². The quantitative estimate of drug-likeness (QED) is 0.911. The summed E-state index contributed by atoms with van der Waals surface area (Å²) in [6.07, 6.45) is 1.43. The lowest BCUT2D eigenvalue weighted by Gasteiger charge is -2.12. The van der Waals surface area contributed by atoms with Gasteiger partial charge in [0.1, 0.15) is 0 Å². The maximum Gasteiger partial charge on any atom is 0.281 e. The van der Waals surface area contributed by atoms with Crippen molar-refractivity contribution in [3.05, 3.63) is 47.1 Å². The smallest absolute Gasteiger partial charge is 0.281 e. The number of aromatic nitrogens is 1. The molecule has 0 amide bonds. The molecule has 20 heavy (non-hydrogen) atoms. The van der Waals surface area contributed by atoms with Gasteiger partial charge in [0.2, 0.25) is 0 Å². The Morgan fingerprint density at radius 3 is 2.65 bits per heavy atom. The molecule has 0 radical (unpaired) electrons. The molecule has 0 aliphatic carbocycles. The fraction of sp³-hybridized carbons (Fsp3) is 0.154. The molecule has 0 atom stereocenters. The van der Waals surface area contributed by atoms with Gasteiger partial charge in [-0.05, 0) is 36.8 Å². The van der Waals surface area contributed by atoms with Gasteiger partial charge < -0.3 is 5.32 Å². The highest BCUT2D eigenvalue weighted by Crippen LogP contribution is 2.25. The lowest BCUT2D eigenvalue weighted by atomic mass is 10.2. The SMILES string of the molecule is CNc1cccnc1S(=O)(=O)Nc1cc(Cl)ccc1C. The van der Waals surface area contributed by atoms with Gasteiger partial charge in [0.05, 0.1) is 11.4 Å². The zero-order valence-corrected chi connectivity index (χ0v) is 12.6. The van der Waals surface area contributed by atoms with E-state index in [-0.39, 0.29) is 5.03 Å². The van der Waals surface area contributed by atoms with Crippen molar-refractivity contribution < 1.29 is 8.42 Å². The Kier molecular flexibility index (Phi) is 4.15. The van der Waals surface area contributed by atoms with Crippen LogP contribution in [0.4, 0.5) is 11.4 Å². The normalized spacial score (nSPS) is 11.2. The molecular formula is C13H14ClN3O2S. The van der Waals surface area contributed by atoms with E-state index in [4.69, 9.17) is 11.6 Å². The molecule has 106 valence electrons. The van der Waals surface area contributed by atoms with Crippen LogP contribution in [0.3, 0.4) is 0 Å². The van der Waals surface area contributed by atoms with Crippen molar-refractivity contribution in [3.8, 4) is 0 Å². The van der Waals surface area contributed by atoms with Crippen LogP contribution in [-0.2, 0) is 10.0 Å². The summed E-state index contributed by atoms with van der Waals surface area (Å²) in [5, 5.41) is 3.21. The number of nitrogens with one attached hydrogen (secondary N) is 2. The Balaban J connectivity index is 2.43. The van der Waals surface area contributed by atoms with E-state index in [0.717, 1.165) is 5.56 Å². The number of nitrogens with zero attached hydrogens (tertiary/aromatic N) is 1. The molecule has 5 nitrogen and oxygen atoms in total. The maximum atomic E-state index is 12.4. The fourth-order valence-electron chi connectivity index (χ4n) is 1.69. The van der Waals surface area contributed by atoms with Crippen molar-refractivity contribution in [3.63, 3.8) is 0 Å². The summed E-state index contributed by atoms with van der Waals surface area (Å²) in [4.78, 5) is 3.92. The van der Waals surface area contributed by atoms with Crippen molar-refractivity contribution in [2.24, 2.45) is 0 Å². The Hall–Kier alpha value is -1.79. The highest BCUT2D eigenvalue weighted by molar-refractivity contribution is 7.92. The summed E-state index contributed by atoms with van der Waals surface area (Å²) >= 11 is 5.89. The average Bonchev–Trinajstić information content (AvgIpc) is 2.42. The van der Waals surface area contributed by atoms with Crippen LogP contribution in [0.25, 0.3) is 0 Å². The summed E-state index contributed by atoms with van der Waals surface area (Å²) in [6.45, 7) is 1.80. The third-order valence-corrected chi connectivity index (χ3v) is 4.30. The van der Waals surface area contributed by atoms with E-state index in [1.54, 1.807) is 44.3 Å². The molecule has 0 saturated heterocycles. The fourth-order valence-corrected chi connectivity index (χ4v) is 3.13. The van der Waals surface area contributed by atoms with Gasteiger partial charge in [0.25, 0.3) is 10.0 Å². The van der Waals surface area contributed by atoms with E-state index in [2.05, 4.69) is 15.0 Å². The molecule has 0 bridgehead atoms. The molecule has 0 aliphatic rings. The van der Waals surface area contributed by atoms with E-state index in [0.29, 0.717) is 16.4 Å². The van der Waals surface area contributed by atoms with E-state index in [1.807, 2.05) is 0 Å². The van der Waals surface area contributed by atoms with Crippen LogP contribution >= 0.6 is 11.6 Å². The number of halogens is 1. The van der Waals surface area contributed by atoms with Gasteiger partial charge in [-0.1, -0.05) is 17.7 Å². The maximum absolute atomic E-state index is 12.4. The van der Waals surface area contributed by atoms with Crippen LogP contribution in [0, 0.1) is 6.92 Å². The molecule has 1 aromatic carbocycles. The predicted octanol–water partition coefficient (Wildman–Crippen LogP) is 2.89. The van der Waals surface area contributed by atoms with Crippen LogP contribution in [0.15, 0.2) is 41.6 Å². The van der Waals surface area contributed by atoms with E-state index >= 15 is 0 Å². The lowest BCUT2D eigenvalue weighted by Crippen LogP contribution is -2.16. The second kappa shape index (κ2) is 5.68. The second-order valence-electron chi connectivity index (χ2n) is 4.17. The second-order valence-corrected chi connectivity index (χ2v) is 6.20. The number of benzene rings is 1. The Morgan fingerprint density at radius 1 is 1.20 bits per heavy atom. The van der Waals surface area contributed by atoms with Crippen LogP contribution in [-0.4, -0.2) is 20.4 Å². The standard InChI is InChI=1S/C13H14ClN3O2S/c1-9-5-6-10(14)8-12(9)17-20(18,19)13-11(15-2)4-3-7-16-13/h3-8,15,17H,1-2H3. The van der Waals surface area contributed by atoms with Gasteiger partial charge in [-0.25, -0.2) is 4.98 Å². The van der Waals surface area contributed by atoms with Gasteiger partial charge in [-0.2, -0.15) is 8.42 Å². The van der Waals surface area contributed by atoms with Gasteiger partial charge in [-0.3, -0.25) is 4.72 Å². The van der Waals surface area contributed by atoms with Crippen molar-refractivity contribution in [1.29, 1.82) is 0 Å².